The zero-order valence-corrected chi connectivity index (χ0v) is 18.8. The van der Waals surface area contributed by atoms with E-state index in [9.17, 15) is 13.2 Å². The predicted octanol–water partition coefficient (Wildman–Crippen LogP) is 7.59. The van der Waals surface area contributed by atoms with Crippen molar-refractivity contribution < 1.29 is 17.9 Å². The molecule has 0 saturated heterocycles. The van der Waals surface area contributed by atoms with Crippen LogP contribution in [0.25, 0.3) is 11.1 Å². The number of rotatable bonds is 4. The summed E-state index contributed by atoms with van der Waals surface area (Å²) in [4.78, 5) is 8.67. The largest absolute Gasteiger partial charge is 0.573 e. The van der Waals surface area contributed by atoms with E-state index in [0.29, 0.717) is 11.5 Å². The molecule has 3 rings (SSSR count). The lowest BCUT2D eigenvalue weighted by Gasteiger charge is -2.11. The average molecular weight is 431 g/mol. The highest BCUT2D eigenvalue weighted by Crippen LogP contribution is 2.28. The van der Waals surface area contributed by atoms with Gasteiger partial charge in [-0.15, -0.1) is 13.2 Å². The molecule has 3 nitrogen and oxygen atoms in total. The highest BCUT2D eigenvalue weighted by molar-refractivity contribution is 5.65. The Morgan fingerprint density at radius 3 is 2.03 bits per heavy atom. The summed E-state index contributed by atoms with van der Waals surface area (Å²) in [5, 5.41) is 0. The van der Waals surface area contributed by atoms with Gasteiger partial charge in [0.1, 0.15) is 5.75 Å². The van der Waals surface area contributed by atoms with E-state index in [4.69, 9.17) is 0 Å². The molecule has 2 aromatic heterocycles. The van der Waals surface area contributed by atoms with Crippen LogP contribution in [0.4, 0.5) is 13.2 Å². The highest BCUT2D eigenvalue weighted by atomic mass is 19.4. The monoisotopic (exact) mass is 430 g/mol. The topological polar surface area (TPSA) is 35.0 Å². The number of halogens is 3. The predicted molar refractivity (Wildman–Crippen MR) is 118 cm³/mol. The second-order valence-corrected chi connectivity index (χ2v) is 8.07. The first kappa shape index (κ1) is 24.4. The Labute approximate surface area is 182 Å². The molecule has 0 bridgehead atoms. The SMILES string of the molecule is CC(C)c1cc(-c2cccc(OC(F)(F)F)c2)ccn1.Cc1cc(C)nc(C(C)C)c1. The van der Waals surface area contributed by atoms with E-state index in [1.807, 2.05) is 26.8 Å². The molecule has 166 valence electrons. The van der Waals surface area contributed by atoms with Gasteiger partial charge in [-0.25, -0.2) is 0 Å². The van der Waals surface area contributed by atoms with Crippen LogP contribution in [0.2, 0.25) is 0 Å². The van der Waals surface area contributed by atoms with E-state index < -0.39 is 6.36 Å². The van der Waals surface area contributed by atoms with Crippen LogP contribution >= 0.6 is 0 Å². The molecule has 0 aliphatic heterocycles. The van der Waals surface area contributed by atoms with Gasteiger partial charge in [-0.3, -0.25) is 9.97 Å². The van der Waals surface area contributed by atoms with Gasteiger partial charge in [-0.2, -0.15) is 0 Å². The molecule has 0 amide bonds. The fraction of sp³-hybridized carbons (Fsp3) is 0.360. The normalized spacial score (nSPS) is 11.3. The molecule has 0 unspecified atom stereocenters. The molecule has 2 heterocycles. The molecule has 3 aromatic rings. The van der Waals surface area contributed by atoms with Gasteiger partial charge in [0, 0.05) is 23.3 Å². The number of aromatic nitrogens is 2. The minimum Gasteiger partial charge on any atom is -0.406 e. The molecule has 0 saturated carbocycles. The Kier molecular flexibility index (Phi) is 8.20. The first-order valence-corrected chi connectivity index (χ1v) is 10.2. The van der Waals surface area contributed by atoms with Crippen LogP contribution in [0.3, 0.4) is 0 Å². The van der Waals surface area contributed by atoms with Gasteiger partial charge >= 0.3 is 6.36 Å². The van der Waals surface area contributed by atoms with Crippen LogP contribution < -0.4 is 4.74 Å². The van der Waals surface area contributed by atoms with E-state index in [1.54, 1.807) is 18.3 Å². The Morgan fingerprint density at radius 1 is 0.806 bits per heavy atom. The number of nitrogens with zero attached hydrogens (tertiary/aromatic N) is 2. The van der Waals surface area contributed by atoms with Crippen LogP contribution in [-0.4, -0.2) is 16.3 Å². The van der Waals surface area contributed by atoms with Crippen molar-refractivity contribution >= 4 is 0 Å². The van der Waals surface area contributed by atoms with Gasteiger partial charge < -0.3 is 4.74 Å². The summed E-state index contributed by atoms with van der Waals surface area (Å²) in [5.74, 6) is 0.566. The van der Waals surface area contributed by atoms with E-state index in [-0.39, 0.29) is 11.7 Å². The summed E-state index contributed by atoms with van der Waals surface area (Å²) in [6.45, 7) is 12.5. The summed E-state index contributed by atoms with van der Waals surface area (Å²) in [6, 6.07) is 13.8. The third-order valence-corrected chi connectivity index (χ3v) is 4.48. The van der Waals surface area contributed by atoms with Crippen molar-refractivity contribution in [3.63, 3.8) is 0 Å². The van der Waals surface area contributed by atoms with Gasteiger partial charge in [0.25, 0.3) is 0 Å². The van der Waals surface area contributed by atoms with Gasteiger partial charge in [0.2, 0.25) is 0 Å². The molecule has 1 aromatic carbocycles. The molecule has 0 aliphatic carbocycles. The van der Waals surface area contributed by atoms with Crippen LogP contribution in [0, 0.1) is 13.8 Å². The molecular formula is C25H29F3N2O. The van der Waals surface area contributed by atoms with E-state index in [0.717, 1.165) is 17.0 Å². The molecule has 0 atom stereocenters. The molecule has 0 aliphatic rings. The minimum atomic E-state index is -4.68. The third-order valence-electron chi connectivity index (χ3n) is 4.48. The number of pyridine rings is 2. The maximum atomic E-state index is 12.2. The van der Waals surface area contributed by atoms with Crippen molar-refractivity contribution in [3.05, 3.63) is 77.4 Å². The fourth-order valence-electron chi connectivity index (χ4n) is 2.98. The van der Waals surface area contributed by atoms with Gasteiger partial charge in [0.15, 0.2) is 0 Å². The first-order chi connectivity index (χ1) is 14.4. The highest BCUT2D eigenvalue weighted by Gasteiger charge is 2.31. The Balaban J connectivity index is 0.000000262. The number of hydrogen-bond acceptors (Lipinski definition) is 3. The first-order valence-electron chi connectivity index (χ1n) is 10.2. The van der Waals surface area contributed by atoms with Gasteiger partial charge in [-0.05, 0) is 78.8 Å². The number of benzene rings is 1. The summed E-state index contributed by atoms with van der Waals surface area (Å²) < 4.78 is 40.6. The second kappa shape index (κ2) is 10.4. The zero-order chi connectivity index (χ0) is 23.2. The van der Waals surface area contributed by atoms with Gasteiger partial charge in [-0.1, -0.05) is 39.8 Å². The third kappa shape index (κ3) is 8.04. The molecule has 0 radical (unpaired) electrons. The quantitative estimate of drug-likeness (QED) is 0.428. The van der Waals surface area contributed by atoms with E-state index in [2.05, 4.69) is 47.6 Å². The minimum absolute atomic E-state index is 0.224. The van der Waals surface area contributed by atoms with Crippen molar-refractivity contribution in [1.29, 1.82) is 0 Å². The lowest BCUT2D eigenvalue weighted by molar-refractivity contribution is -0.274. The number of hydrogen-bond donors (Lipinski definition) is 0. The second-order valence-electron chi connectivity index (χ2n) is 8.07. The lowest BCUT2D eigenvalue weighted by Crippen LogP contribution is -2.17. The number of alkyl halides is 3. The van der Waals surface area contributed by atoms with Crippen LogP contribution in [0.5, 0.6) is 5.75 Å². The van der Waals surface area contributed by atoms with Crippen molar-refractivity contribution in [2.24, 2.45) is 0 Å². The van der Waals surface area contributed by atoms with Crippen LogP contribution in [0.15, 0.2) is 54.7 Å². The van der Waals surface area contributed by atoms with Crippen molar-refractivity contribution in [3.8, 4) is 16.9 Å². The smallest absolute Gasteiger partial charge is 0.406 e. The number of ether oxygens (including phenoxy) is 1. The summed E-state index contributed by atoms with van der Waals surface area (Å²) in [7, 11) is 0. The summed E-state index contributed by atoms with van der Waals surface area (Å²) in [5.41, 5.74) is 5.99. The number of aryl methyl sites for hydroxylation is 2. The summed E-state index contributed by atoms with van der Waals surface area (Å²) >= 11 is 0. The Hall–Kier alpha value is -2.89. The van der Waals surface area contributed by atoms with Crippen LogP contribution in [0.1, 0.15) is 62.2 Å². The molecule has 0 spiro atoms. The zero-order valence-electron chi connectivity index (χ0n) is 18.8. The van der Waals surface area contributed by atoms with Crippen molar-refractivity contribution in [2.75, 3.05) is 0 Å². The van der Waals surface area contributed by atoms with Crippen molar-refractivity contribution in [1.82, 2.24) is 9.97 Å². The fourth-order valence-corrected chi connectivity index (χ4v) is 2.98. The molecular weight excluding hydrogens is 401 g/mol. The summed E-state index contributed by atoms with van der Waals surface area (Å²) in [6.07, 6.45) is -3.03. The Bertz CT molecular complexity index is 978. The van der Waals surface area contributed by atoms with E-state index >= 15 is 0 Å². The van der Waals surface area contributed by atoms with Gasteiger partial charge in [0.05, 0.1) is 0 Å². The van der Waals surface area contributed by atoms with Crippen molar-refractivity contribution in [2.45, 2.75) is 59.7 Å². The molecule has 0 N–H and O–H groups in total. The average Bonchev–Trinajstić information content (AvgIpc) is 2.66. The lowest BCUT2D eigenvalue weighted by atomic mass is 10.0. The van der Waals surface area contributed by atoms with Crippen LogP contribution in [-0.2, 0) is 0 Å². The molecule has 6 heteroatoms. The maximum absolute atomic E-state index is 12.2. The van der Waals surface area contributed by atoms with E-state index in [1.165, 1.54) is 29.5 Å². The molecule has 31 heavy (non-hydrogen) atoms. The molecule has 0 fully saturated rings. The Morgan fingerprint density at radius 2 is 1.45 bits per heavy atom. The standard InChI is InChI=1S/C15H14F3NO.C10H15N/c1-10(2)14-9-12(6-7-19-14)11-4-3-5-13(8-11)20-15(16,17)18;1-7(2)10-6-8(3)5-9(4)11-10/h3-10H,1-2H3;5-7H,1-4H3. The maximum Gasteiger partial charge on any atom is 0.573 e.